The molecule has 1 atom stereocenters. The third kappa shape index (κ3) is 9.05. The monoisotopic (exact) mass is 669 g/mol. The van der Waals surface area contributed by atoms with Crippen molar-refractivity contribution in [1.29, 1.82) is 0 Å². The second kappa shape index (κ2) is 14.9. The van der Waals surface area contributed by atoms with Gasteiger partial charge in [0.25, 0.3) is 11.8 Å². The molecule has 0 spiro atoms. The van der Waals surface area contributed by atoms with Crippen LogP contribution in [0.25, 0.3) is 6.08 Å². The van der Waals surface area contributed by atoms with Gasteiger partial charge >= 0.3 is 6.18 Å². The molecule has 0 fully saturated rings. The van der Waals surface area contributed by atoms with Crippen molar-refractivity contribution in [1.82, 2.24) is 5.32 Å². The number of hydrogen-bond donors (Lipinski definition) is 4. The van der Waals surface area contributed by atoms with Gasteiger partial charge < -0.3 is 25.8 Å². The molecular formula is C33H27ClF3N3O5S. The number of rotatable bonds is 10. The zero-order chi connectivity index (χ0) is 33.4. The molecule has 46 heavy (non-hydrogen) atoms. The highest BCUT2D eigenvalue weighted by Crippen LogP contribution is 2.37. The highest BCUT2D eigenvalue weighted by molar-refractivity contribution is 8.00. The Hall–Kier alpha value is -4.94. The molecule has 0 saturated carbocycles. The van der Waals surface area contributed by atoms with Crippen molar-refractivity contribution in [3.05, 3.63) is 118 Å². The van der Waals surface area contributed by atoms with E-state index in [1.54, 1.807) is 54.6 Å². The summed E-state index contributed by atoms with van der Waals surface area (Å²) in [4.78, 5) is 39.8. The van der Waals surface area contributed by atoms with Gasteiger partial charge in [0.1, 0.15) is 17.2 Å². The van der Waals surface area contributed by atoms with Crippen molar-refractivity contribution >= 4 is 58.5 Å². The Kier molecular flexibility index (Phi) is 11.0. The van der Waals surface area contributed by atoms with E-state index in [1.807, 2.05) is 0 Å². The molecule has 0 aliphatic heterocycles. The van der Waals surface area contributed by atoms with E-state index < -0.39 is 40.4 Å². The molecule has 0 radical (unpaired) electrons. The number of ether oxygens (including phenoxy) is 1. The average Bonchev–Trinajstić information content (AvgIpc) is 3.02. The van der Waals surface area contributed by atoms with Crippen LogP contribution in [0, 0.1) is 0 Å². The minimum atomic E-state index is -4.72. The largest absolute Gasteiger partial charge is 0.508 e. The summed E-state index contributed by atoms with van der Waals surface area (Å²) in [5, 5.41) is 16.5. The summed E-state index contributed by atoms with van der Waals surface area (Å²) in [6, 6.07) is 22.1. The van der Waals surface area contributed by atoms with Crippen molar-refractivity contribution in [2.24, 2.45) is 0 Å². The van der Waals surface area contributed by atoms with Crippen LogP contribution in [0.3, 0.4) is 0 Å². The third-order valence-electron chi connectivity index (χ3n) is 6.36. The topological polar surface area (TPSA) is 117 Å². The van der Waals surface area contributed by atoms with Gasteiger partial charge in [0.05, 0.1) is 23.6 Å². The second-order valence-corrected chi connectivity index (χ2v) is 11.6. The molecule has 1 unspecified atom stereocenters. The number of benzene rings is 4. The number of amides is 3. The molecule has 238 valence electrons. The number of anilines is 2. The normalized spacial score (nSPS) is 12.2. The highest BCUT2D eigenvalue weighted by Gasteiger charge is 2.34. The molecule has 0 heterocycles. The molecule has 4 rings (SSSR count). The fourth-order valence-corrected chi connectivity index (χ4v) is 5.21. The lowest BCUT2D eigenvalue weighted by atomic mass is 10.1. The number of aromatic hydroxyl groups is 1. The molecule has 0 saturated heterocycles. The lowest BCUT2D eigenvalue weighted by Gasteiger charge is -2.17. The molecule has 4 aromatic carbocycles. The Balaban J connectivity index is 1.52. The summed E-state index contributed by atoms with van der Waals surface area (Å²) < 4.78 is 45.7. The maximum Gasteiger partial charge on any atom is 0.418 e. The van der Waals surface area contributed by atoms with Crippen LogP contribution >= 0.6 is 23.4 Å². The number of nitrogens with one attached hydrogen (secondary N) is 3. The second-order valence-electron chi connectivity index (χ2n) is 9.72. The van der Waals surface area contributed by atoms with Crippen molar-refractivity contribution < 1.29 is 37.4 Å². The van der Waals surface area contributed by atoms with Gasteiger partial charge in [-0.3, -0.25) is 14.4 Å². The fraction of sp³-hybridized carbons (Fsp3) is 0.121. The van der Waals surface area contributed by atoms with E-state index in [1.165, 1.54) is 44.4 Å². The van der Waals surface area contributed by atoms with Crippen LogP contribution in [0.2, 0.25) is 5.02 Å². The van der Waals surface area contributed by atoms with Crippen LogP contribution in [0.15, 0.2) is 102 Å². The van der Waals surface area contributed by atoms with Gasteiger partial charge in [-0.2, -0.15) is 13.2 Å². The molecular weight excluding hydrogens is 643 g/mol. The Bertz CT molecular complexity index is 1780. The van der Waals surface area contributed by atoms with Crippen LogP contribution in [0.4, 0.5) is 24.5 Å². The first kappa shape index (κ1) is 33.9. The summed E-state index contributed by atoms with van der Waals surface area (Å²) in [7, 11) is 1.39. The van der Waals surface area contributed by atoms with Crippen molar-refractivity contribution in [3.63, 3.8) is 0 Å². The fourth-order valence-electron chi connectivity index (χ4n) is 4.11. The van der Waals surface area contributed by atoms with Gasteiger partial charge in [-0.05, 0) is 73.7 Å². The number of halogens is 4. The van der Waals surface area contributed by atoms with E-state index in [0.29, 0.717) is 21.7 Å². The van der Waals surface area contributed by atoms with E-state index in [9.17, 15) is 32.7 Å². The Morgan fingerprint density at radius 2 is 1.67 bits per heavy atom. The van der Waals surface area contributed by atoms with Gasteiger partial charge in [0.15, 0.2) is 0 Å². The third-order valence-corrected chi connectivity index (χ3v) is 7.69. The average molecular weight is 670 g/mol. The van der Waals surface area contributed by atoms with E-state index >= 15 is 0 Å². The zero-order valence-electron chi connectivity index (χ0n) is 24.3. The van der Waals surface area contributed by atoms with Crippen LogP contribution in [0.5, 0.6) is 11.5 Å². The first-order chi connectivity index (χ1) is 21.8. The van der Waals surface area contributed by atoms with Crippen molar-refractivity contribution in [3.8, 4) is 11.5 Å². The Labute approximate surface area is 271 Å². The number of carbonyl (C=O) groups is 3. The lowest BCUT2D eigenvalue weighted by Crippen LogP contribution is -2.30. The summed E-state index contributed by atoms with van der Waals surface area (Å²) in [6.45, 7) is 1.53. The number of hydrogen-bond acceptors (Lipinski definition) is 6. The number of phenols is 1. The number of phenolic OH excluding ortho intramolecular Hbond substituents is 1. The highest BCUT2D eigenvalue weighted by atomic mass is 35.5. The molecule has 13 heteroatoms. The zero-order valence-corrected chi connectivity index (χ0v) is 25.9. The van der Waals surface area contributed by atoms with E-state index in [0.717, 1.165) is 23.9 Å². The smallest absolute Gasteiger partial charge is 0.418 e. The molecule has 4 aromatic rings. The predicted molar refractivity (Wildman–Crippen MR) is 172 cm³/mol. The molecule has 3 amide bonds. The van der Waals surface area contributed by atoms with Gasteiger partial charge in [0, 0.05) is 32.8 Å². The molecule has 4 N–H and O–H groups in total. The molecule has 0 aliphatic carbocycles. The van der Waals surface area contributed by atoms with E-state index in [4.69, 9.17) is 16.3 Å². The van der Waals surface area contributed by atoms with Gasteiger partial charge in [0.2, 0.25) is 5.91 Å². The Morgan fingerprint density at radius 1 is 0.935 bits per heavy atom. The first-order valence-electron chi connectivity index (χ1n) is 13.5. The standard InChI is InChI=1S/C33H27ClF3N3O5S/c1-19(30(42)39-27-14-12-22(34)16-26(27)33(35,36)37)46-25-10-6-9-23(17-25)38-32(44)28(40-31(43)20-7-4-3-5-8-20)15-21-11-13-24(41)18-29(21)45-2/h3-19,41H,1-2H3,(H,38,44)(H,39,42)(H,40,43)/b28-15+. The quantitative estimate of drug-likeness (QED) is 0.102. The molecule has 0 aromatic heterocycles. The maximum absolute atomic E-state index is 13.5. The SMILES string of the molecule is COc1cc(O)ccc1/C=C(/NC(=O)c1ccccc1)C(=O)Nc1cccc(SC(C)C(=O)Nc2ccc(Cl)cc2C(F)(F)F)c1. The number of methoxy groups -OCH3 is 1. The van der Waals surface area contributed by atoms with Crippen LogP contribution in [0.1, 0.15) is 28.4 Å². The van der Waals surface area contributed by atoms with Gasteiger partial charge in [-0.15, -0.1) is 11.8 Å². The lowest BCUT2D eigenvalue weighted by molar-refractivity contribution is -0.137. The van der Waals surface area contributed by atoms with Crippen LogP contribution < -0.4 is 20.7 Å². The van der Waals surface area contributed by atoms with Crippen molar-refractivity contribution in [2.45, 2.75) is 23.2 Å². The summed E-state index contributed by atoms with van der Waals surface area (Å²) in [5.41, 5.74) is -0.590. The van der Waals surface area contributed by atoms with Crippen molar-refractivity contribution in [2.75, 3.05) is 17.7 Å². The molecule has 0 bridgehead atoms. The predicted octanol–water partition coefficient (Wildman–Crippen LogP) is 7.60. The van der Waals surface area contributed by atoms with Gasteiger partial charge in [-0.1, -0.05) is 35.9 Å². The number of carbonyl (C=O) groups excluding carboxylic acids is 3. The number of thioether (sulfide) groups is 1. The van der Waals surface area contributed by atoms with Gasteiger partial charge in [-0.25, -0.2) is 0 Å². The minimum Gasteiger partial charge on any atom is -0.508 e. The summed E-state index contributed by atoms with van der Waals surface area (Å²) in [5.74, 6) is -1.71. The Morgan fingerprint density at radius 3 is 2.37 bits per heavy atom. The van der Waals surface area contributed by atoms with Crippen LogP contribution in [-0.2, 0) is 15.8 Å². The van der Waals surface area contributed by atoms with E-state index in [2.05, 4.69) is 16.0 Å². The minimum absolute atomic E-state index is 0.0560. The molecule has 8 nitrogen and oxygen atoms in total. The summed E-state index contributed by atoms with van der Waals surface area (Å²) >= 11 is 6.79. The van der Waals surface area contributed by atoms with E-state index in [-0.39, 0.29) is 22.2 Å². The maximum atomic E-state index is 13.5. The van der Waals surface area contributed by atoms with Crippen LogP contribution in [-0.4, -0.2) is 35.2 Å². The summed E-state index contributed by atoms with van der Waals surface area (Å²) in [6.07, 6.45) is -3.33. The molecule has 0 aliphatic rings. The number of alkyl halides is 3. The first-order valence-corrected chi connectivity index (χ1v) is 14.8.